The molecule has 2 heterocycles. The SMILES string of the molecule is [C-]#[N+]c1ccncc1B1OC(C)(C)C(C)(C)O1. The van der Waals surface area contributed by atoms with Crippen LogP contribution in [-0.2, 0) is 9.31 Å². The number of hydrogen-bond acceptors (Lipinski definition) is 3. The van der Waals surface area contributed by atoms with Crippen LogP contribution < -0.4 is 5.46 Å². The predicted molar refractivity (Wildman–Crippen MR) is 66.2 cm³/mol. The minimum atomic E-state index is -0.516. The van der Waals surface area contributed by atoms with Crippen LogP contribution in [0.15, 0.2) is 18.5 Å². The van der Waals surface area contributed by atoms with Crippen molar-refractivity contribution < 1.29 is 9.31 Å². The smallest absolute Gasteiger partial charge is 0.400 e. The lowest BCUT2D eigenvalue weighted by molar-refractivity contribution is 0.00578. The summed E-state index contributed by atoms with van der Waals surface area (Å²) >= 11 is 0. The lowest BCUT2D eigenvalue weighted by Crippen LogP contribution is -2.41. The van der Waals surface area contributed by atoms with Crippen LogP contribution in [0.3, 0.4) is 0 Å². The molecule has 0 unspecified atom stereocenters. The Morgan fingerprint density at radius 1 is 1.24 bits per heavy atom. The van der Waals surface area contributed by atoms with Gasteiger partial charge in [0.2, 0.25) is 0 Å². The third-order valence-corrected chi connectivity index (χ3v) is 3.46. The molecule has 0 aliphatic carbocycles. The molecule has 0 aromatic carbocycles. The first-order valence-corrected chi connectivity index (χ1v) is 5.54. The maximum absolute atomic E-state index is 7.13. The van der Waals surface area contributed by atoms with Gasteiger partial charge in [-0.1, -0.05) is 0 Å². The van der Waals surface area contributed by atoms with Gasteiger partial charge in [-0.25, -0.2) is 4.85 Å². The monoisotopic (exact) mass is 230 g/mol. The number of pyridine rings is 1. The molecule has 1 aromatic rings. The van der Waals surface area contributed by atoms with Crippen LogP contribution in [0.1, 0.15) is 27.7 Å². The van der Waals surface area contributed by atoms with Gasteiger partial charge in [-0.15, -0.1) is 0 Å². The summed E-state index contributed by atoms with van der Waals surface area (Å²) < 4.78 is 11.8. The van der Waals surface area contributed by atoms with E-state index < -0.39 is 18.3 Å². The molecule has 0 saturated carbocycles. The van der Waals surface area contributed by atoms with Crippen molar-refractivity contribution in [1.82, 2.24) is 4.98 Å². The Balaban J connectivity index is 2.36. The molecule has 1 fully saturated rings. The first-order valence-electron chi connectivity index (χ1n) is 5.54. The first-order chi connectivity index (χ1) is 7.87. The summed E-state index contributed by atoms with van der Waals surface area (Å²) in [5, 5.41) is 0. The Bertz CT molecular complexity index is 464. The van der Waals surface area contributed by atoms with Crippen LogP contribution in [-0.4, -0.2) is 23.3 Å². The quantitative estimate of drug-likeness (QED) is 0.546. The molecule has 88 valence electrons. The van der Waals surface area contributed by atoms with E-state index in [0.29, 0.717) is 11.2 Å². The van der Waals surface area contributed by atoms with Crippen LogP contribution in [0.5, 0.6) is 0 Å². The first kappa shape index (κ1) is 12.1. The van der Waals surface area contributed by atoms with Gasteiger partial charge in [-0.3, -0.25) is 4.98 Å². The van der Waals surface area contributed by atoms with Gasteiger partial charge in [0.25, 0.3) is 0 Å². The van der Waals surface area contributed by atoms with E-state index in [0.717, 1.165) is 0 Å². The normalized spacial score (nSPS) is 21.2. The molecule has 1 aromatic heterocycles. The van der Waals surface area contributed by atoms with E-state index in [1.54, 1.807) is 18.5 Å². The topological polar surface area (TPSA) is 35.7 Å². The molecule has 0 amide bonds. The van der Waals surface area contributed by atoms with Gasteiger partial charge in [-0.05, 0) is 33.8 Å². The summed E-state index contributed by atoms with van der Waals surface area (Å²) in [6, 6.07) is 1.67. The second kappa shape index (κ2) is 3.83. The van der Waals surface area contributed by atoms with E-state index >= 15 is 0 Å². The zero-order chi connectivity index (χ0) is 12.7. The Labute approximate surface area is 102 Å². The molecule has 0 spiro atoms. The number of nitrogens with zero attached hydrogens (tertiary/aromatic N) is 2. The van der Waals surface area contributed by atoms with Crippen molar-refractivity contribution >= 4 is 18.3 Å². The van der Waals surface area contributed by atoms with Gasteiger partial charge in [0.05, 0.1) is 17.8 Å². The minimum Gasteiger partial charge on any atom is -0.400 e. The molecule has 0 radical (unpaired) electrons. The van der Waals surface area contributed by atoms with Crippen LogP contribution in [0.4, 0.5) is 5.69 Å². The molecule has 0 bridgehead atoms. The zero-order valence-corrected chi connectivity index (χ0v) is 10.5. The standard InChI is InChI=1S/C12H15BN2O2/c1-11(2)12(3,4)17-13(16-11)9-8-15-7-6-10(9)14-5/h6-8H,1-4H3. The Kier molecular flexibility index (Phi) is 2.72. The summed E-state index contributed by atoms with van der Waals surface area (Å²) in [5.41, 5.74) is 0.430. The summed E-state index contributed by atoms with van der Waals surface area (Å²) in [6.45, 7) is 15.1. The predicted octanol–water partition coefficient (Wildman–Crippen LogP) is 1.93. The fraction of sp³-hybridized carbons (Fsp3) is 0.500. The second-order valence-electron chi connectivity index (χ2n) is 5.13. The fourth-order valence-electron chi connectivity index (χ4n) is 1.65. The average Bonchev–Trinajstić information content (AvgIpc) is 2.48. The van der Waals surface area contributed by atoms with E-state index in [9.17, 15) is 0 Å². The van der Waals surface area contributed by atoms with Gasteiger partial charge >= 0.3 is 7.12 Å². The van der Waals surface area contributed by atoms with E-state index in [2.05, 4.69) is 9.83 Å². The lowest BCUT2D eigenvalue weighted by Gasteiger charge is -2.32. The molecule has 0 atom stereocenters. The van der Waals surface area contributed by atoms with Crippen molar-refractivity contribution in [2.75, 3.05) is 0 Å². The molecule has 1 aliphatic rings. The molecule has 2 rings (SSSR count). The maximum Gasteiger partial charge on any atom is 0.484 e. The van der Waals surface area contributed by atoms with Crippen LogP contribution in [0.25, 0.3) is 4.85 Å². The molecule has 1 aliphatic heterocycles. The molecule has 1 saturated heterocycles. The summed E-state index contributed by atoms with van der Waals surface area (Å²) in [6.07, 6.45) is 3.23. The van der Waals surface area contributed by atoms with Crippen molar-refractivity contribution in [3.63, 3.8) is 0 Å². The van der Waals surface area contributed by atoms with E-state index in [1.165, 1.54) is 0 Å². The summed E-state index contributed by atoms with van der Waals surface area (Å²) in [5.74, 6) is 0. The summed E-state index contributed by atoms with van der Waals surface area (Å²) in [4.78, 5) is 7.49. The Morgan fingerprint density at radius 2 is 1.82 bits per heavy atom. The van der Waals surface area contributed by atoms with Crippen molar-refractivity contribution in [2.24, 2.45) is 0 Å². The summed E-state index contributed by atoms with van der Waals surface area (Å²) in [7, 11) is -0.516. The van der Waals surface area contributed by atoms with Gasteiger partial charge < -0.3 is 9.31 Å². The third-order valence-electron chi connectivity index (χ3n) is 3.46. The molecular weight excluding hydrogens is 215 g/mol. The van der Waals surface area contributed by atoms with Gasteiger partial charge in [0.15, 0.2) is 5.69 Å². The highest BCUT2D eigenvalue weighted by Gasteiger charge is 2.52. The molecule has 17 heavy (non-hydrogen) atoms. The average molecular weight is 230 g/mol. The van der Waals surface area contributed by atoms with Gasteiger partial charge in [-0.2, -0.15) is 0 Å². The highest BCUT2D eigenvalue weighted by atomic mass is 16.7. The molecular formula is C12H15BN2O2. The van der Waals surface area contributed by atoms with Crippen molar-refractivity contribution in [1.29, 1.82) is 0 Å². The maximum atomic E-state index is 7.13. The zero-order valence-electron chi connectivity index (χ0n) is 10.5. The molecule has 0 N–H and O–H groups in total. The largest absolute Gasteiger partial charge is 0.484 e. The van der Waals surface area contributed by atoms with E-state index in [-0.39, 0.29) is 0 Å². The van der Waals surface area contributed by atoms with Crippen LogP contribution in [0, 0.1) is 6.57 Å². The fourth-order valence-corrected chi connectivity index (χ4v) is 1.65. The number of rotatable bonds is 1. The number of hydrogen-bond donors (Lipinski definition) is 0. The van der Waals surface area contributed by atoms with E-state index in [4.69, 9.17) is 15.9 Å². The highest BCUT2D eigenvalue weighted by molar-refractivity contribution is 6.63. The van der Waals surface area contributed by atoms with Gasteiger partial charge in [0.1, 0.15) is 0 Å². The van der Waals surface area contributed by atoms with Gasteiger partial charge in [0, 0.05) is 17.9 Å². The van der Waals surface area contributed by atoms with Crippen molar-refractivity contribution in [2.45, 2.75) is 38.9 Å². The Hall–Kier alpha value is -1.38. The number of aromatic nitrogens is 1. The minimum absolute atomic E-state index is 0.396. The van der Waals surface area contributed by atoms with E-state index in [1.807, 2.05) is 27.7 Å². The highest BCUT2D eigenvalue weighted by Crippen LogP contribution is 2.37. The molecule has 5 heteroatoms. The third kappa shape index (κ3) is 1.94. The van der Waals surface area contributed by atoms with Crippen LogP contribution in [0.2, 0.25) is 0 Å². The van der Waals surface area contributed by atoms with Crippen molar-refractivity contribution in [3.8, 4) is 0 Å². The second-order valence-corrected chi connectivity index (χ2v) is 5.13. The Morgan fingerprint density at radius 3 is 2.35 bits per heavy atom. The molecule has 4 nitrogen and oxygen atoms in total. The van der Waals surface area contributed by atoms with Crippen LogP contribution >= 0.6 is 0 Å². The van der Waals surface area contributed by atoms with Crippen molar-refractivity contribution in [3.05, 3.63) is 29.9 Å². The lowest BCUT2D eigenvalue weighted by atomic mass is 9.79.